The van der Waals surface area contributed by atoms with Crippen LogP contribution in [0.4, 0.5) is 0 Å². The number of carbonyl (C=O) groups is 2. The first-order chi connectivity index (χ1) is 13.0. The monoisotopic (exact) mass is 365 g/mol. The molecule has 2 amide bonds. The molecule has 142 valence electrons. The van der Waals surface area contributed by atoms with E-state index in [2.05, 4.69) is 12.1 Å². The van der Waals surface area contributed by atoms with E-state index in [0.29, 0.717) is 37.3 Å². The average molecular weight is 365 g/mol. The minimum absolute atomic E-state index is 0.00802. The van der Waals surface area contributed by atoms with E-state index in [4.69, 9.17) is 5.73 Å². The van der Waals surface area contributed by atoms with Gasteiger partial charge in [-0.05, 0) is 43.7 Å². The number of likely N-dealkylation sites (tertiary alicyclic amines) is 1. The fourth-order valence-electron chi connectivity index (χ4n) is 3.68. The molecule has 2 aromatic rings. The smallest absolute Gasteiger partial charge is 0.253 e. The van der Waals surface area contributed by atoms with Crippen LogP contribution in [-0.4, -0.2) is 53.8 Å². The predicted molar refractivity (Wildman–Crippen MR) is 107 cm³/mol. The van der Waals surface area contributed by atoms with E-state index in [0.717, 1.165) is 0 Å². The van der Waals surface area contributed by atoms with Gasteiger partial charge in [-0.15, -0.1) is 0 Å². The zero-order valence-corrected chi connectivity index (χ0v) is 16.0. The minimum Gasteiger partial charge on any atom is -0.339 e. The van der Waals surface area contributed by atoms with Gasteiger partial charge in [0.05, 0.1) is 0 Å². The van der Waals surface area contributed by atoms with E-state index in [9.17, 15) is 9.59 Å². The molecule has 0 radical (unpaired) electrons. The second kappa shape index (κ2) is 8.35. The summed E-state index contributed by atoms with van der Waals surface area (Å²) < 4.78 is 0. The maximum atomic E-state index is 12.9. The van der Waals surface area contributed by atoms with Gasteiger partial charge in [-0.1, -0.05) is 30.3 Å². The number of carbonyl (C=O) groups excluding carboxylic acids is 2. The second-order valence-corrected chi connectivity index (χ2v) is 6.95. The van der Waals surface area contributed by atoms with Crippen LogP contribution in [0, 0.1) is 0 Å². The van der Waals surface area contributed by atoms with Crippen molar-refractivity contribution in [3.63, 3.8) is 0 Å². The van der Waals surface area contributed by atoms with Crippen molar-refractivity contribution in [2.24, 2.45) is 5.73 Å². The van der Waals surface area contributed by atoms with Gasteiger partial charge in [0.2, 0.25) is 0 Å². The highest BCUT2D eigenvalue weighted by atomic mass is 16.2. The molecule has 1 fully saturated rings. The summed E-state index contributed by atoms with van der Waals surface area (Å²) in [7, 11) is 0. The Bertz CT molecular complexity index is 785. The third-order valence-electron chi connectivity index (χ3n) is 5.31. The Hall–Kier alpha value is -2.66. The second-order valence-electron chi connectivity index (χ2n) is 6.95. The fourth-order valence-corrected chi connectivity index (χ4v) is 3.68. The molecule has 5 heteroatoms. The van der Waals surface area contributed by atoms with E-state index in [1.54, 1.807) is 29.2 Å². The summed E-state index contributed by atoms with van der Waals surface area (Å²) in [4.78, 5) is 28.8. The first kappa shape index (κ1) is 19.1. The van der Waals surface area contributed by atoms with Gasteiger partial charge in [0, 0.05) is 49.3 Å². The SMILES string of the molecule is CCN(CC)C(=O)c1ccc(C(=O)N2C[C@@H](N)[C@H](c3ccccc3)C2)cc1. The highest BCUT2D eigenvalue weighted by Crippen LogP contribution is 2.27. The average Bonchev–Trinajstić information content (AvgIpc) is 3.10. The van der Waals surface area contributed by atoms with Crippen LogP contribution in [0.3, 0.4) is 0 Å². The van der Waals surface area contributed by atoms with Crippen LogP contribution in [0.2, 0.25) is 0 Å². The topological polar surface area (TPSA) is 66.6 Å². The Labute approximate surface area is 160 Å². The Morgan fingerprint density at radius 1 is 0.963 bits per heavy atom. The van der Waals surface area contributed by atoms with Gasteiger partial charge in [-0.25, -0.2) is 0 Å². The maximum absolute atomic E-state index is 12.9. The fraction of sp³-hybridized carbons (Fsp3) is 0.364. The van der Waals surface area contributed by atoms with E-state index >= 15 is 0 Å². The van der Waals surface area contributed by atoms with Gasteiger partial charge in [0.25, 0.3) is 11.8 Å². The van der Waals surface area contributed by atoms with Crippen molar-refractivity contribution in [3.05, 3.63) is 71.3 Å². The summed E-state index contributed by atoms with van der Waals surface area (Å²) >= 11 is 0. The third kappa shape index (κ3) is 4.03. The predicted octanol–water partition coefficient (Wildman–Crippen LogP) is 2.74. The van der Waals surface area contributed by atoms with E-state index in [1.165, 1.54) is 5.56 Å². The van der Waals surface area contributed by atoms with Gasteiger partial charge >= 0.3 is 0 Å². The van der Waals surface area contributed by atoms with Crippen LogP contribution in [0.15, 0.2) is 54.6 Å². The van der Waals surface area contributed by atoms with Crippen molar-refractivity contribution in [2.45, 2.75) is 25.8 Å². The number of hydrogen-bond acceptors (Lipinski definition) is 3. The molecular weight excluding hydrogens is 338 g/mol. The summed E-state index contributed by atoms with van der Waals surface area (Å²) in [6.45, 7) is 6.41. The largest absolute Gasteiger partial charge is 0.339 e. The van der Waals surface area contributed by atoms with Gasteiger partial charge in [0.1, 0.15) is 0 Å². The van der Waals surface area contributed by atoms with Gasteiger partial charge in [0.15, 0.2) is 0 Å². The van der Waals surface area contributed by atoms with Crippen LogP contribution in [0.1, 0.15) is 46.0 Å². The molecule has 1 saturated heterocycles. The Morgan fingerprint density at radius 3 is 2.15 bits per heavy atom. The van der Waals surface area contributed by atoms with Crippen LogP contribution in [0.5, 0.6) is 0 Å². The first-order valence-corrected chi connectivity index (χ1v) is 9.54. The Kier molecular flexibility index (Phi) is 5.91. The summed E-state index contributed by atoms with van der Waals surface area (Å²) in [6.07, 6.45) is 0. The summed E-state index contributed by atoms with van der Waals surface area (Å²) in [5, 5.41) is 0. The number of amides is 2. The van der Waals surface area contributed by atoms with Crippen molar-refractivity contribution in [3.8, 4) is 0 Å². The zero-order valence-electron chi connectivity index (χ0n) is 16.0. The van der Waals surface area contributed by atoms with Crippen LogP contribution < -0.4 is 5.73 Å². The summed E-state index contributed by atoms with van der Waals surface area (Å²) in [5.41, 5.74) is 8.66. The number of benzene rings is 2. The maximum Gasteiger partial charge on any atom is 0.253 e. The lowest BCUT2D eigenvalue weighted by Crippen LogP contribution is -2.32. The molecule has 0 saturated carbocycles. The number of nitrogens with zero attached hydrogens (tertiary/aromatic N) is 2. The summed E-state index contributed by atoms with van der Waals surface area (Å²) in [5.74, 6) is 0.107. The normalized spacial score (nSPS) is 19.1. The molecule has 2 N–H and O–H groups in total. The van der Waals surface area contributed by atoms with Crippen molar-refractivity contribution in [1.82, 2.24) is 9.80 Å². The van der Waals surface area contributed by atoms with E-state index in [-0.39, 0.29) is 23.8 Å². The zero-order chi connectivity index (χ0) is 19.4. The minimum atomic E-state index is -0.0696. The van der Waals surface area contributed by atoms with Crippen LogP contribution in [-0.2, 0) is 0 Å². The van der Waals surface area contributed by atoms with Crippen LogP contribution >= 0.6 is 0 Å². The Morgan fingerprint density at radius 2 is 1.56 bits per heavy atom. The lowest BCUT2D eigenvalue weighted by Gasteiger charge is -2.19. The molecule has 0 aromatic heterocycles. The molecule has 1 aliphatic rings. The Balaban J connectivity index is 1.70. The highest BCUT2D eigenvalue weighted by molar-refractivity contribution is 5.98. The van der Waals surface area contributed by atoms with E-state index < -0.39 is 0 Å². The first-order valence-electron chi connectivity index (χ1n) is 9.54. The highest BCUT2D eigenvalue weighted by Gasteiger charge is 2.34. The molecule has 0 spiro atoms. The van der Waals surface area contributed by atoms with Crippen LogP contribution in [0.25, 0.3) is 0 Å². The molecule has 5 nitrogen and oxygen atoms in total. The van der Waals surface area contributed by atoms with Crippen molar-refractivity contribution < 1.29 is 9.59 Å². The lowest BCUT2D eigenvalue weighted by molar-refractivity contribution is 0.0766. The molecule has 3 rings (SSSR count). The van der Waals surface area contributed by atoms with Crippen molar-refractivity contribution in [2.75, 3.05) is 26.2 Å². The number of hydrogen-bond donors (Lipinski definition) is 1. The summed E-state index contributed by atoms with van der Waals surface area (Å²) in [6, 6.07) is 17.0. The van der Waals surface area contributed by atoms with Gasteiger partial charge in [-0.2, -0.15) is 0 Å². The molecule has 1 aliphatic heterocycles. The van der Waals surface area contributed by atoms with Crippen molar-refractivity contribution in [1.29, 1.82) is 0 Å². The standard InChI is InChI=1S/C22H27N3O2/c1-3-24(4-2)21(26)17-10-12-18(13-11-17)22(27)25-14-19(20(23)15-25)16-8-6-5-7-9-16/h5-13,19-20H,3-4,14-15,23H2,1-2H3/t19-,20+/m0/s1. The molecule has 0 aliphatic carbocycles. The van der Waals surface area contributed by atoms with Gasteiger partial charge in [-0.3, -0.25) is 9.59 Å². The third-order valence-corrected chi connectivity index (χ3v) is 5.31. The molecule has 1 heterocycles. The molecule has 27 heavy (non-hydrogen) atoms. The van der Waals surface area contributed by atoms with E-state index in [1.807, 2.05) is 36.9 Å². The molecule has 2 atom stereocenters. The molecule has 0 bridgehead atoms. The molecular formula is C22H27N3O2. The molecule has 2 aromatic carbocycles. The van der Waals surface area contributed by atoms with Crippen molar-refractivity contribution >= 4 is 11.8 Å². The molecule has 0 unspecified atom stereocenters. The number of nitrogens with two attached hydrogens (primary N) is 1. The number of rotatable bonds is 5. The lowest BCUT2D eigenvalue weighted by atomic mass is 9.95. The quantitative estimate of drug-likeness (QED) is 0.886. The van der Waals surface area contributed by atoms with Gasteiger partial charge < -0.3 is 15.5 Å².